The molecule has 1 saturated heterocycles. The van der Waals surface area contributed by atoms with Crippen LogP contribution in [0.2, 0.25) is 0 Å². The van der Waals surface area contributed by atoms with E-state index in [0.717, 1.165) is 11.1 Å². The molecule has 5 rings (SSSR count). The van der Waals surface area contributed by atoms with Crippen molar-refractivity contribution in [3.05, 3.63) is 114 Å². The minimum absolute atomic E-state index is 0.0541. The lowest BCUT2D eigenvalue weighted by Gasteiger charge is -2.33. The van der Waals surface area contributed by atoms with E-state index in [1.807, 2.05) is 60.7 Å². The fourth-order valence-electron chi connectivity index (χ4n) is 4.38. The highest BCUT2D eigenvalue weighted by atomic mass is 32.2. The number of hydrogen-bond donors (Lipinski definition) is 0. The van der Waals surface area contributed by atoms with Crippen molar-refractivity contribution in [1.82, 2.24) is 14.5 Å². The first-order valence-corrected chi connectivity index (χ1v) is 13.5. The molecule has 0 saturated carbocycles. The van der Waals surface area contributed by atoms with Crippen molar-refractivity contribution in [3.63, 3.8) is 0 Å². The van der Waals surface area contributed by atoms with Crippen LogP contribution in [0.25, 0.3) is 0 Å². The molecule has 0 radical (unpaired) electrons. The molecule has 2 heterocycles. The summed E-state index contributed by atoms with van der Waals surface area (Å²) >= 11 is 0. The van der Waals surface area contributed by atoms with Gasteiger partial charge in [0.15, 0.2) is 5.03 Å². The first-order valence-electron chi connectivity index (χ1n) is 12.0. The molecule has 3 aromatic carbocycles. The maximum absolute atomic E-state index is 13.7. The zero-order chi connectivity index (χ0) is 25.8. The van der Waals surface area contributed by atoms with E-state index in [9.17, 15) is 13.2 Å². The van der Waals surface area contributed by atoms with Gasteiger partial charge >= 0.3 is 0 Å². The molecule has 1 atom stereocenters. The second-order valence-corrected chi connectivity index (χ2v) is 10.8. The normalized spacial score (nSPS) is 15.9. The smallest absolute Gasteiger partial charge is 0.283 e. The fraction of sp³-hybridized carbons (Fsp3) is 0.214. The lowest BCUT2D eigenvalue weighted by molar-refractivity contribution is -0.0228. The van der Waals surface area contributed by atoms with Gasteiger partial charge in [0.05, 0.1) is 31.7 Å². The number of rotatable bonds is 7. The van der Waals surface area contributed by atoms with Crippen LogP contribution >= 0.6 is 0 Å². The Labute approximate surface area is 216 Å². The maximum Gasteiger partial charge on any atom is 0.283 e. The van der Waals surface area contributed by atoms with Crippen LogP contribution < -0.4 is 4.31 Å². The minimum Gasteiger partial charge on any atom is -0.370 e. The van der Waals surface area contributed by atoms with Crippen LogP contribution in [-0.2, 0) is 28.4 Å². The monoisotopic (exact) mass is 516 g/mol. The number of carbonyl (C=O) groups is 1. The van der Waals surface area contributed by atoms with Gasteiger partial charge < -0.3 is 14.2 Å². The Kier molecular flexibility index (Phi) is 7.07. The molecule has 9 heteroatoms. The van der Waals surface area contributed by atoms with Crippen LogP contribution in [0.4, 0.5) is 5.69 Å². The van der Waals surface area contributed by atoms with Gasteiger partial charge in [-0.05, 0) is 29.3 Å². The number of amides is 1. The summed E-state index contributed by atoms with van der Waals surface area (Å²) in [7, 11) is -2.27. The van der Waals surface area contributed by atoms with Gasteiger partial charge in [-0.2, -0.15) is 8.42 Å². The number of hydrogen-bond acceptors (Lipinski definition) is 5. The van der Waals surface area contributed by atoms with Gasteiger partial charge in [0.2, 0.25) is 0 Å². The zero-order valence-electron chi connectivity index (χ0n) is 20.5. The Morgan fingerprint density at radius 2 is 1.76 bits per heavy atom. The predicted molar refractivity (Wildman–Crippen MR) is 140 cm³/mol. The third kappa shape index (κ3) is 5.42. The number of carbonyl (C=O) groups excluding carboxylic acids is 1. The molecule has 1 amide bonds. The number of imidazole rings is 1. The highest BCUT2D eigenvalue weighted by molar-refractivity contribution is 7.92. The summed E-state index contributed by atoms with van der Waals surface area (Å²) in [5, 5.41) is -0.0541. The largest absolute Gasteiger partial charge is 0.370 e. The topological polar surface area (TPSA) is 84.7 Å². The van der Waals surface area contributed by atoms with Gasteiger partial charge in [0, 0.05) is 25.4 Å². The molecule has 4 aromatic rings. The molecule has 8 nitrogen and oxygen atoms in total. The first-order chi connectivity index (χ1) is 17.9. The predicted octanol–water partition coefficient (Wildman–Crippen LogP) is 4.03. The number of aryl methyl sites for hydroxylation is 1. The number of morpholine rings is 1. The van der Waals surface area contributed by atoms with E-state index in [1.165, 1.54) is 16.8 Å². The Bertz CT molecular complexity index is 1470. The van der Waals surface area contributed by atoms with Crippen molar-refractivity contribution < 1.29 is 17.9 Å². The summed E-state index contributed by atoms with van der Waals surface area (Å²) in [6, 6.07) is 25.9. The third-order valence-electron chi connectivity index (χ3n) is 6.31. The Morgan fingerprint density at radius 1 is 1.03 bits per heavy atom. The molecule has 1 aromatic heterocycles. The van der Waals surface area contributed by atoms with Crippen molar-refractivity contribution in [3.8, 4) is 0 Å². The van der Waals surface area contributed by atoms with Crippen molar-refractivity contribution in [2.75, 3.05) is 24.0 Å². The summed E-state index contributed by atoms with van der Waals surface area (Å²) in [5.74, 6) is -0.166. The van der Waals surface area contributed by atoms with E-state index < -0.39 is 10.0 Å². The molecule has 37 heavy (non-hydrogen) atoms. The maximum atomic E-state index is 13.7. The summed E-state index contributed by atoms with van der Waals surface area (Å²) < 4.78 is 36.1. The Morgan fingerprint density at radius 3 is 2.46 bits per heavy atom. The number of sulfonamides is 1. The van der Waals surface area contributed by atoms with Gasteiger partial charge in [0.1, 0.15) is 6.10 Å². The average molecular weight is 517 g/mol. The van der Waals surface area contributed by atoms with Crippen molar-refractivity contribution in [2.24, 2.45) is 7.05 Å². The van der Waals surface area contributed by atoms with Crippen LogP contribution in [0.15, 0.2) is 102 Å². The molecule has 190 valence electrons. The van der Waals surface area contributed by atoms with E-state index in [4.69, 9.17) is 4.74 Å². The van der Waals surface area contributed by atoms with Crippen molar-refractivity contribution >= 4 is 21.6 Å². The lowest BCUT2D eigenvalue weighted by atomic mass is 10.1. The summed E-state index contributed by atoms with van der Waals surface area (Å²) in [5.41, 5.74) is 2.65. The third-order valence-corrected chi connectivity index (χ3v) is 7.97. The quantitative estimate of drug-likeness (QED) is 0.370. The number of ether oxygens (including phenoxy) is 1. The Balaban J connectivity index is 1.45. The number of nitrogens with zero attached hydrogens (tertiary/aromatic N) is 4. The van der Waals surface area contributed by atoms with Crippen LogP contribution in [0, 0.1) is 0 Å². The van der Waals surface area contributed by atoms with E-state index >= 15 is 0 Å². The fourth-order valence-corrected chi connectivity index (χ4v) is 5.79. The molecule has 0 bridgehead atoms. The molecular weight excluding hydrogens is 488 g/mol. The van der Waals surface area contributed by atoms with E-state index in [1.54, 1.807) is 40.8 Å². The van der Waals surface area contributed by atoms with Gasteiger partial charge in [-0.15, -0.1) is 0 Å². The SMILES string of the molecule is Cn1cnc(S(=O)(=O)N(Cc2ccccc2)c2cccc(C(=O)N3CCOC(c4ccccc4)C3)c2)c1. The van der Waals surface area contributed by atoms with E-state index in [-0.39, 0.29) is 23.6 Å². The molecule has 1 aliphatic rings. The number of aromatic nitrogens is 2. The van der Waals surface area contributed by atoms with Gasteiger partial charge in [0.25, 0.3) is 15.9 Å². The highest BCUT2D eigenvalue weighted by Gasteiger charge is 2.30. The van der Waals surface area contributed by atoms with Gasteiger partial charge in [-0.25, -0.2) is 4.98 Å². The summed E-state index contributed by atoms with van der Waals surface area (Å²) in [6.07, 6.45) is 2.72. The molecule has 0 N–H and O–H groups in total. The molecule has 0 spiro atoms. The minimum atomic E-state index is -3.99. The molecular formula is C28H28N4O4S. The standard InChI is InChI=1S/C28H28N4O4S/c1-30-20-27(29-21-30)37(34,35)32(18-22-9-4-2-5-10-22)25-14-8-13-24(17-25)28(33)31-15-16-36-26(19-31)23-11-6-3-7-12-23/h2-14,17,20-21,26H,15-16,18-19H2,1H3. The lowest BCUT2D eigenvalue weighted by Crippen LogP contribution is -2.42. The second kappa shape index (κ2) is 10.6. The zero-order valence-corrected chi connectivity index (χ0v) is 21.3. The van der Waals surface area contributed by atoms with Crippen LogP contribution in [0.5, 0.6) is 0 Å². The summed E-state index contributed by atoms with van der Waals surface area (Å²) in [4.78, 5) is 19.4. The first kappa shape index (κ1) is 24.7. The second-order valence-electron chi connectivity index (χ2n) is 8.95. The van der Waals surface area contributed by atoms with E-state index in [2.05, 4.69) is 4.98 Å². The molecule has 1 unspecified atom stereocenters. The van der Waals surface area contributed by atoms with Crippen molar-refractivity contribution in [2.45, 2.75) is 17.7 Å². The molecule has 1 fully saturated rings. The van der Waals surface area contributed by atoms with E-state index in [0.29, 0.717) is 30.9 Å². The van der Waals surface area contributed by atoms with Crippen LogP contribution in [0.1, 0.15) is 27.6 Å². The van der Waals surface area contributed by atoms with Gasteiger partial charge in [-0.3, -0.25) is 9.10 Å². The van der Waals surface area contributed by atoms with Crippen LogP contribution in [0.3, 0.4) is 0 Å². The average Bonchev–Trinajstić information content (AvgIpc) is 3.39. The Hall–Kier alpha value is -3.95. The highest BCUT2D eigenvalue weighted by Crippen LogP contribution is 2.28. The van der Waals surface area contributed by atoms with Gasteiger partial charge in [-0.1, -0.05) is 66.7 Å². The number of anilines is 1. The number of benzene rings is 3. The summed E-state index contributed by atoms with van der Waals surface area (Å²) in [6.45, 7) is 1.42. The van der Waals surface area contributed by atoms with Crippen LogP contribution in [-0.4, -0.2) is 48.5 Å². The van der Waals surface area contributed by atoms with Crippen molar-refractivity contribution in [1.29, 1.82) is 0 Å². The molecule has 0 aliphatic carbocycles. The molecule has 1 aliphatic heterocycles.